The summed E-state index contributed by atoms with van der Waals surface area (Å²) in [7, 11) is 0. The van der Waals surface area contributed by atoms with Gasteiger partial charge in [0.05, 0.1) is 5.54 Å². The van der Waals surface area contributed by atoms with Gasteiger partial charge in [0.2, 0.25) is 5.91 Å². The molecule has 1 aromatic rings. The van der Waals surface area contributed by atoms with Crippen LogP contribution in [-0.4, -0.2) is 44.4 Å². The first-order chi connectivity index (χ1) is 15.8. The van der Waals surface area contributed by atoms with E-state index in [0.717, 1.165) is 24.8 Å². The SMILES string of the molecule is O=C(CCCC1C(=O)N(C23CC4CC(CC(C4)C2)C3)C(=O)N1Cc1cc(Cl)cc(Cl)c1)NO. The van der Waals surface area contributed by atoms with Gasteiger partial charge in [0, 0.05) is 23.0 Å². The number of imide groups is 1. The highest BCUT2D eigenvalue weighted by Crippen LogP contribution is 2.58. The molecule has 0 radical (unpaired) electrons. The molecule has 2 N–H and O–H groups in total. The van der Waals surface area contributed by atoms with E-state index >= 15 is 0 Å². The van der Waals surface area contributed by atoms with E-state index in [0.29, 0.717) is 40.6 Å². The van der Waals surface area contributed by atoms with Crippen molar-refractivity contribution in [1.29, 1.82) is 0 Å². The van der Waals surface area contributed by atoms with Crippen LogP contribution in [-0.2, 0) is 16.1 Å². The molecule has 0 aromatic heterocycles. The quantitative estimate of drug-likeness (QED) is 0.325. The minimum atomic E-state index is -0.644. The van der Waals surface area contributed by atoms with Gasteiger partial charge >= 0.3 is 6.03 Å². The third-order valence-corrected chi connectivity index (χ3v) is 8.52. The summed E-state index contributed by atoms with van der Waals surface area (Å²) < 4.78 is 0. The largest absolute Gasteiger partial charge is 0.328 e. The predicted molar refractivity (Wildman–Crippen MR) is 123 cm³/mol. The third-order valence-electron chi connectivity index (χ3n) is 8.08. The van der Waals surface area contributed by atoms with Crippen LogP contribution in [0.4, 0.5) is 4.79 Å². The Morgan fingerprint density at radius 2 is 1.61 bits per heavy atom. The molecule has 1 saturated heterocycles. The molecule has 33 heavy (non-hydrogen) atoms. The number of halogens is 2. The lowest BCUT2D eigenvalue weighted by atomic mass is 9.52. The van der Waals surface area contributed by atoms with E-state index in [1.807, 2.05) is 0 Å². The van der Waals surface area contributed by atoms with Crippen LogP contribution in [0.25, 0.3) is 0 Å². The fourth-order valence-electron chi connectivity index (χ4n) is 7.28. The van der Waals surface area contributed by atoms with Crippen LogP contribution >= 0.6 is 23.2 Å². The van der Waals surface area contributed by atoms with E-state index in [2.05, 4.69) is 0 Å². The number of rotatable bonds is 7. The second-order valence-electron chi connectivity index (χ2n) is 10.4. The van der Waals surface area contributed by atoms with Crippen molar-refractivity contribution in [3.8, 4) is 0 Å². The van der Waals surface area contributed by atoms with Crippen molar-refractivity contribution in [2.45, 2.75) is 75.9 Å². The van der Waals surface area contributed by atoms with E-state index in [1.54, 1.807) is 33.5 Å². The van der Waals surface area contributed by atoms with Crippen molar-refractivity contribution in [3.63, 3.8) is 0 Å². The summed E-state index contributed by atoms with van der Waals surface area (Å²) in [4.78, 5) is 42.3. The zero-order chi connectivity index (χ0) is 23.3. The minimum absolute atomic E-state index is 0.0860. The van der Waals surface area contributed by atoms with E-state index in [1.165, 1.54) is 19.3 Å². The van der Waals surface area contributed by atoms with Crippen molar-refractivity contribution in [3.05, 3.63) is 33.8 Å². The van der Waals surface area contributed by atoms with Crippen LogP contribution in [0.15, 0.2) is 18.2 Å². The van der Waals surface area contributed by atoms with E-state index < -0.39 is 11.9 Å². The molecule has 1 aliphatic heterocycles. The maximum absolute atomic E-state index is 13.8. The summed E-state index contributed by atoms with van der Waals surface area (Å²) in [6.07, 6.45) is 7.22. The number of benzene rings is 1. The summed E-state index contributed by atoms with van der Waals surface area (Å²) in [6.45, 7) is 0.227. The molecule has 1 atom stereocenters. The first-order valence-corrected chi connectivity index (χ1v) is 12.6. The van der Waals surface area contributed by atoms with Gasteiger partial charge in [-0.2, -0.15) is 0 Å². The van der Waals surface area contributed by atoms with E-state index in [4.69, 9.17) is 28.4 Å². The van der Waals surface area contributed by atoms with Crippen LogP contribution in [0.3, 0.4) is 0 Å². The first kappa shape index (κ1) is 22.9. The fourth-order valence-corrected chi connectivity index (χ4v) is 7.85. The smallest absolute Gasteiger partial charge is 0.308 e. The molecule has 0 spiro atoms. The second kappa shape index (κ2) is 8.75. The molecule has 4 aliphatic carbocycles. The Hall–Kier alpha value is -1.83. The van der Waals surface area contributed by atoms with Gasteiger partial charge in [0.1, 0.15) is 6.04 Å². The third kappa shape index (κ3) is 4.24. The molecule has 178 valence electrons. The number of nitrogens with one attached hydrogen (secondary N) is 1. The summed E-state index contributed by atoms with van der Waals surface area (Å²) in [5, 5.41) is 9.75. The van der Waals surface area contributed by atoms with Gasteiger partial charge in [-0.05, 0) is 92.9 Å². The first-order valence-electron chi connectivity index (χ1n) is 11.8. The highest BCUT2D eigenvalue weighted by Gasteiger charge is 2.60. The van der Waals surface area contributed by atoms with E-state index in [-0.39, 0.29) is 30.4 Å². The number of nitrogens with zero attached hydrogens (tertiary/aromatic N) is 2. The molecule has 5 aliphatic rings. The average Bonchev–Trinajstić information content (AvgIpc) is 2.96. The lowest BCUT2D eigenvalue weighted by molar-refractivity contribution is -0.141. The van der Waals surface area contributed by atoms with Crippen molar-refractivity contribution in [2.75, 3.05) is 0 Å². The number of amides is 4. The van der Waals surface area contributed by atoms with Gasteiger partial charge in [0.15, 0.2) is 0 Å². The van der Waals surface area contributed by atoms with Crippen molar-refractivity contribution in [2.24, 2.45) is 17.8 Å². The van der Waals surface area contributed by atoms with Gasteiger partial charge in [0.25, 0.3) is 5.91 Å². The Kier molecular flexibility index (Phi) is 6.08. The molecular formula is C24H29Cl2N3O4. The van der Waals surface area contributed by atoms with Crippen LogP contribution in [0.2, 0.25) is 10.0 Å². The molecule has 4 saturated carbocycles. The number of urea groups is 1. The fraction of sp³-hybridized carbons (Fsp3) is 0.625. The van der Waals surface area contributed by atoms with Crippen LogP contribution in [0.1, 0.15) is 63.4 Å². The van der Waals surface area contributed by atoms with Gasteiger partial charge in [-0.15, -0.1) is 0 Å². The van der Waals surface area contributed by atoms with Gasteiger partial charge < -0.3 is 4.90 Å². The second-order valence-corrected chi connectivity index (χ2v) is 11.3. The normalized spacial score (nSPS) is 32.7. The van der Waals surface area contributed by atoms with Gasteiger partial charge in [-0.25, -0.2) is 10.3 Å². The monoisotopic (exact) mass is 493 g/mol. The summed E-state index contributed by atoms with van der Waals surface area (Å²) >= 11 is 12.4. The average molecular weight is 494 g/mol. The Labute approximate surface area is 203 Å². The Balaban J connectivity index is 1.43. The standard InChI is InChI=1S/C24H29Cl2N3O4/c25-18-7-17(8-19(26)9-18)13-28-20(2-1-3-21(30)27-33)22(31)29(23(28)32)24-10-14-4-15(11-24)6-16(5-14)12-24/h7-9,14-16,20,33H,1-6,10-13H2,(H,27,30). The highest BCUT2D eigenvalue weighted by atomic mass is 35.5. The minimum Gasteiger partial charge on any atom is -0.308 e. The Bertz CT molecular complexity index is 929. The van der Waals surface area contributed by atoms with E-state index in [9.17, 15) is 14.4 Å². The molecule has 4 amide bonds. The molecule has 1 unspecified atom stereocenters. The number of carbonyl (C=O) groups is 3. The van der Waals surface area contributed by atoms with Gasteiger partial charge in [-0.1, -0.05) is 23.2 Å². The summed E-state index contributed by atoms with van der Waals surface area (Å²) in [5.41, 5.74) is 2.02. The maximum atomic E-state index is 13.8. The molecule has 1 aromatic carbocycles. The van der Waals surface area contributed by atoms with Crippen LogP contribution in [0.5, 0.6) is 0 Å². The Morgan fingerprint density at radius 1 is 1.03 bits per heavy atom. The lowest BCUT2D eigenvalue weighted by Crippen LogP contribution is -2.62. The molecule has 6 rings (SSSR count). The summed E-state index contributed by atoms with van der Waals surface area (Å²) in [5.74, 6) is 1.15. The zero-order valence-corrected chi connectivity index (χ0v) is 19.9. The van der Waals surface area contributed by atoms with Crippen molar-refractivity contribution < 1.29 is 19.6 Å². The van der Waals surface area contributed by atoms with Crippen LogP contribution in [0, 0.1) is 17.8 Å². The molecular weight excluding hydrogens is 465 g/mol. The number of hydrogen-bond donors (Lipinski definition) is 2. The van der Waals surface area contributed by atoms with Gasteiger partial charge in [-0.3, -0.25) is 19.7 Å². The van der Waals surface area contributed by atoms with Crippen molar-refractivity contribution in [1.82, 2.24) is 15.3 Å². The maximum Gasteiger partial charge on any atom is 0.328 e. The zero-order valence-electron chi connectivity index (χ0n) is 18.4. The molecule has 4 bridgehead atoms. The number of hydroxylamine groups is 1. The molecule has 5 fully saturated rings. The predicted octanol–water partition coefficient (Wildman–Crippen LogP) is 4.77. The highest BCUT2D eigenvalue weighted by molar-refractivity contribution is 6.34. The van der Waals surface area contributed by atoms with Crippen LogP contribution < -0.4 is 5.48 Å². The number of hydrogen-bond acceptors (Lipinski definition) is 4. The van der Waals surface area contributed by atoms with Crippen molar-refractivity contribution >= 4 is 41.0 Å². The summed E-state index contributed by atoms with van der Waals surface area (Å²) in [6, 6.07) is 4.27. The molecule has 7 nitrogen and oxygen atoms in total. The lowest BCUT2D eigenvalue weighted by Gasteiger charge is -2.58. The topological polar surface area (TPSA) is 90.0 Å². The number of carbonyl (C=O) groups excluding carboxylic acids is 3. The molecule has 1 heterocycles. The molecule has 9 heteroatoms. The Morgan fingerprint density at radius 3 is 2.15 bits per heavy atom.